The first kappa shape index (κ1) is 14.8. The number of aryl methyl sites for hydroxylation is 1. The second-order valence-electron chi connectivity index (χ2n) is 4.67. The monoisotopic (exact) mass is 285 g/mol. The molecule has 0 unspecified atom stereocenters. The van der Waals surface area contributed by atoms with E-state index in [1.807, 2.05) is 49.5 Å². The Kier molecular flexibility index (Phi) is 5.15. The van der Waals surface area contributed by atoms with Gasteiger partial charge in [0, 0.05) is 25.0 Å². The van der Waals surface area contributed by atoms with Crippen LogP contribution in [0.5, 0.6) is 5.75 Å². The zero-order valence-electron chi connectivity index (χ0n) is 12.2. The summed E-state index contributed by atoms with van der Waals surface area (Å²) in [5.41, 5.74) is 3.03. The molecule has 0 aliphatic heterocycles. The molecule has 0 fully saturated rings. The highest BCUT2D eigenvalue weighted by molar-refractivity contribution is 5.77. The van der Waals surface area contributed by atoms with E-state index in [0.29, 0.717) is 12.3 Å². The standard InChI is InChI=1S/C16H19N3O2/c1-12-6-7-14(18-9-12)10-19-13-4-3-5-15(8-13)21-11-16(20)17-2/h3-9,19H,10-11H2,1-2H3,(H,17,20). The van der Waals surface area contributed by atoms with Crippen molar-refractivity contribution in [3.05, 3.63) is 53.9 Å². The summed E-state index contributed by atoms with van der Waals surface area (Å²) in [7, 11) is 1.58. The molecule has 0 spiro atoms. The molecule has 5 heteroatoms. The maximum absolute atomic E-state index is 11.1. The molecule has 1 aromatic heterocycles. The topological polar surface area (TPSA) is 63.2 Å². The van der Waals surface area contributed by atoms with Crippen LogP contribution in [-0.2, 0) is 11.3 Å². The van der Waals surface area contributed by atoms with Crippen LogP contribution in [0.15, 0.2) is 42.6 Å². The first-order chi connectivity index (χ1) is 10.2. The molecule has 21 heavy (non-hydrogen) atoms. The van der Waals surface area contributed by atoms with Gasteiger partial charge in [-0.1, -0.05) is 12.1 Å². The van der Waals surface area contributed by atoms with Crippen LogP contribution in [0.25, 0.3) is 0 Å². The van der Waals surface area contributed by atoms with Crippen LogP contribution in [0.2, 0.25) is 0 Å². The number of amides is 1. The fraction of sp³-hybridized carbons (Fsp3) is 0.250. The number of hydrogen-bond acceptors (Lipinski definition) is 4. The van der Waals surface area contributed by atoms with Crippen molar-refractivity contribution in [2.24, 2.45) is 0 Å². The zero-order chi connectivity index (χ0) is 15.1. The number of carbonyl (C=O) groups is 1. The van der Waals surface area contributed by atoms with E-state index in [1.165, 1.54) is 0 Å². The third kappa shape index (κ3) is 4.80. The maximum atomic E-state index is 11.1. The maximum Gasteiger partial charge on any atom is 0.257 e. The van der Waals surface area contributed by atoms with Gasteiger partial charge in [-0.05, 0) is 30.7 Å². The van der Waals surface area contributed by atoms with Crippen LogP contribution in [0.1, 0.15) is 11.3 Å². The number of nitrogens with zero attached hydrogens (tertiary/aromatic N) is 1. The summed E-state index contributed by atoms with van der Waals surface area (Å²) in [6.07, 6.45) is 1.85. The Bertz CT molecular complexity index is 597. The van der Waals surface area contributed by atoms with E-state index in [1.54, 1.807) is 7.05 Å². The number of pyridine rings is 1. The molecule has 2 N–H and O–H groups in total. The average Bonchev–Trinajstić information content (AvgIpc) is 2.52. The molecule has 1 aromatic carbocycles. The zero-order valence-corrected chi connectivity index (χ0v) is 12.2. The predicted molar refractivity (Wildman–Crippen MR) is 82.3 cm³/mol. The first-order valence-electron chi connectivity index (χ1n) is 6.76. The molecule has 0 aliphatic carbocycles. The summed E-state index contributed by atoms with van der Waals surface area (Å²) in [4.78, 5) is 15.5. The summed E-state index contributed by atoms with van der Waals surface area (Å²) in [5.74, 6) is 0.498. The van der Waals surface area contributed by atoms with Gasteiger partial charge in [-0.15, -0.1) is 0 Å². The minimum absolute atomic E-state index is 0.0134. The van der Waals surface area contributed by atoms with Crippen molar-refractivity contribution < 1.29 is 9.53 Å². The second-order valence-corrected chi connectivity index (χ2v) is 4.67. The third-order valence-corrected chi connectivity index (χ3v) is 2.93. The van der Waals surface area contributed by atoms with Crippen LogP contribution in [0, 0.1) is 6.92 Å². The second kappa shape index (κ2) is 7.28. The van der Waals surface area contributed by atoms with Gasteiger partial charge in [0.1, 0.15) is 5.75 Å². The van der Waals surface area contributed by atoms with Gasteiger partial charge in [0.25, 0.3) is 5.91 Å². The van der Waals surface area contributed by atoms with E-state index in [9.17, 15) is 4.79 Å². The lowest BCUT2D eigenvalue weighted by atomic mass is 10.2. The van der Waals surface area contributed by atoms with E-state index < -0.39 is 0 Å². The van der Waals surface area contributed by atoms with Gasteiger partial charge in [-0.3, -0.25) is 9.78 Å². The van der Waals surface area contributed by atoms with E-state index in [0.717, 1.165) is 16.9 Å². The van der Waals surface area contributed by atoms with E-state index in [2.05, 4.69) is 15.6 Å². The van der Waals surface area contributed by atoms with Crippen molar-refractivity contribution in [1.82, 2.24) is 10.3 Å². The normalized spacial score (nSPS) is 10.0. The highest BCUT2D eigenvalue weighted by atomic mass is 16.5. The minimum Gasteiger partial charge on any atom is -0.484 e. The van der Waals surface area contributed by atoms with Crippen molar-refractivity contribution in [2.75, 3.05) is 19.0 Å². The molecule has 2 aromatic rings. The lowest BCUT2D eigenvalue weighted by molar-refractivity contribution is -0.122. The Labute approximate surface area is 124 Å². The van der Waals surface area contributed by atoms with Gasteiger partial charge < -0.3 is 15.4 Å². The smallest absolute Gasteiger partial charge is 0.257 e. The molecule has 0 saturated heterocycles. The molecule has 5 nitrogen and oxygen atoms in total. The summed E-state index contributed by atoms with van der Waals surface area (Å²) >= 11 is 0. The average molecular weight is 285 g/mol. The Morgan fingerprint density at radius 3 is 2.86 bits per heavy atom. The van der Waals surface area contributed by atoms with Crippen LogP contribution < -0.4 is 15.4 Å². The molecular weight excluding hydrogens is 266 g/mol. The largest absolute Gasteiger partial charge is 0.484 e. The number of hydrogen-bond donors (Lipinski definition) is 2. The van der Waals surface area contributed by atoms with Crippen LogP contribution in [-0.4, -0.2) is 24.5 Å². The van der Waals surface area contributed by atoms with Gasteiger partial charge in [-0.25, -0.2) is 0 Å². The molecule has 2 rings (SSSR count). The number of carbonyl (C=O) groups excluding carboxylic acids is 1. The lowest BCUT2D eigenvalue weighted by Crippen LogP contribution is -2.24. The van der Waals surface area contributed by atoms with Gasteiger partial charge in [0.2, 0.25) is 0 Å². The highest BCUT2D eigenvalue weighted by Crippen LogP contribution is 2.17. The van der Waals surface area contributed by atoms with Gasteiger partial charge in [0.15, 0.2) is 6.61 Å². The Balaban J connectivity index is 1.91. The van der Waals surface area contributed by atoms with Crippen LogP contribution in [0.4, 0.5) is 5.69 Å². The van der Waals surface area contributed by atoms with Crippen LogP contribution in [0.3, 0.4) is 0 Å². The molecule has 0 bridgehead atoms. The number of ether oxygens (including phenoxy) is 1. The van der Waals surface area contributed by atoms with Crippen molar-refractivity contribution in [1.29, 1.82) is 0 Å². The van der Waals surface area contributed by atoms with Crippen molar-refractivity contribution in [2.45, 2.75) is 13.5 Å². The Morgan fingerprint density at radius 1 is 1.29 bits per heavy atom. The van der Waals surface area contributed by atoms with Gasteiger partial charge >= 0.3 is 0 Å². The molecule has 110 valence electrons. The quantitative estimate of drug-likeness (QED) is 0.853. The van der Waals surface area contributed by atoms with E-state index >= 15 is 0 Å². The fourth-order valence-electron chi connectivity index (χ4n) is 1.71. The molecule has 1 heterocycles. The summed E-state index contributed by atoms with van der Waals surface area (Å²) in [6, 6.07) is 11.5. The predicted octanol–water partition coefficient (Wildman–Crippen LogP) is 2.13. The molecule has 0 aliphatic rings. The molecular formula is C16H19N3O2. The van der Waals surface area contributed by atoms with Gasteiger partial charge in [-0.2, -0.15) is 0 Å². The SMILES string of the molecule is CNC(=O)COc1cccc(NCc2ccc(C)cn2)c1. The van der Waals surface area contributed by atoms with Crippen LogP contribution >= 0.6 is 0 Å². The lowest BCUT2D eigenvalue weighted by Gasteiger charge is -2.09. The van der Waals surface area contributed by atoms with Crippen molar-refractivity contribution in [3.8, 4) is 5.75 Å². The molecule has 0 atom stereocenters. The highest BCUT2D eigenvalue weighted by Gasteiger charge is 2.01. The summed E-state index contributed by atoms with van der Waals surface area (Å²) < 4.78 is 5.40. The third-order valence-electron chi connectivity index (χ3n) is 2.93. The molecule has 0 radical (unpaired) electrons. The number of anilines is 1. The van der Waals surface area contributed by atoms with Crippen molar-refractivity contribution >= 4 is 11.6 Å². The van der Waals surface area contributed by atoms with E-state index in [-0.39, 0.29) is 12.5 Å². The number of rotatable bonds is 6. The first-order valence-corrected chi connectivity index (χ1v) is 6.76. The number of nitrogens with one attached hydrogen (secondary N) is 2. The van der Waals surface area contributed by atoms with Gasteiger partial charge in [0.05, 0.1) is 12.2 Å². The summed E-state index contributed by atoms with van der Waals surface area (Å²) in [5, 5.41) is 5.79. The Hall–Kier alpha value is -2.56. The number of likely N-dealkylation sites (N-methyl/N-ethyl adjacent to an activating group) is 1. The van der Waals surface area contributed by atoms with Crippen molar-refractivity contribution in [3.63, 3.8) is 0 Å². The minimum atomic E-state index is -0.155. The molecule has 0 saturated carbocycles. The Morgan fingerprint density at radius 2 is 2.14 bits per heavy atom. The fourth-order valence-corrected chi connectivity index (χ4v) is 1.71. The molecule has 1 amide bonds. The number of aromatic nitrogens is 1. The number of benzene rings is 1. The van der Waals surface area contributed by atoms with E-state index in [4.69, 9.17) is 4.74 Å². The summed E-state index contributed by atoms with van der Waals surface area (Å²) in [6.45, 7) is 2.66.